The van der Waals surface area contributed by atoms with Gasteiger partial charge >= 0.3 is 0 Å². The van der Waals surface area contributed by atoms with Crippen LogP contribution in [-0.2, 0) is 4.79 Å². The molecule has 1 aromatic carbocycles. The maximum atomic E-state index is 11.9. The summed E-state index contributed by atoms with van der Waals surface area (Å²) >= 11 is 11.6. The van der Waals surface area contributed by atoms with Gasteiger partial charge in [-0.15, -0.1) is 0 Å². The van der Waals surface area contributed by atoms with Crippen molar-refractivity contribution in [3.05, 3.63) is 58.3 Å². The highest BCUT2D eigenvalue weighted by atomic mass is 35.5. The second-order valence-electron chi connectivity index (χ2n) is 3.84. The van der Waals surface area contributed by atoms with Gasteiger partial charge in [0.15, 0.2) is 6.10 Å². The highest BCUT2D eigenvalue weighted by molar-refractivity contribution is 6.34. The Morgan fingerprint density at radius 1 is 1.26 bits per heavy atom. The zero-order chi connectivity index (χ0) is 13.8. The maximum Gasteiger partial charge on any atom is 0.257 e. The lowest BCUT2D eigenvalue weighted by molar-refractivity contribution is -0.124. The van der Waals surface area contributed by atoms with E-state index < -0.39 is 12.0 Å². The number of pyridine rings is 1. The van der Waals surface area contributed by atoms with E-state index in [9.17, 15) is 9.90 Å². The summed E-state index contributed by atoms with van der Waals surface area (Å²) in [5.41, 5.74) is 0.832. The van der Waals surface area contributed by atoms with Gasteiger partial charge in [0, 0.05) is 16.2 Å². The van der Waals surface area contributed by atoms with Crippen molar-refractivity contribution in [2.45, 2.75) is 6.10 Å². The zero-order valence-electron chi connectivity index (χ0n) is 9.68. The number of carbonyl (C=O) groups is 1. The van der Waals surface area contributed by atoms with E-state index in [4.69, 9.17) is 23.2 Å². The topological polar surface area (TPSA) is 62.2 Å². The second-order valence-corrected chi connectivity index (χ2v) is 4.71. The molecule has 6 heteroatoms. The molecule has 2 N–H and O–H groups in total. The third-order valence-corrected chi connectivity index (χ3v) is 2.81. The van der Waals surface area contributed by atoms with Crippen LogP contribution in [0, 0.1) is 0 Å². The molecule has 1 heterocycles. The van der Waals surface area contributed by atoms with Crippen LogP contribution in [0.4, 0.5) is 5.69 Å². The fourth-order valence-corrected chi connectivity index (χ4v) is 2.07. The highest BCUT2D eigenvalue weighted by Gasteiger charge is 2.18. The molecule has 0 aliphatic rings. The van der Waals surface area contributed by atoms with Gasteiger partial charge in [-0.1, -0.05) is 23.2 Å². The first-order valence-corrected chi connectivity index (χ1v) is 6.17. The van der Waals surface area contributed by atoms with Gasteiger partial charge in [0.25, 0.3) is 5.91 Å². The number of hydrogen-bond donors (Lipinski definition) is 2. The summed E-state index contributed by atoms with van der Waals surface area (Å²) < 4.78 is 0. The number of carbonyl (C=O) groups excluding carboxylic acids is 1. The number of rotatable bonds is 3. The molecule has 2 aromatic rings. The molecule has 0 radical (unpaired) electrons. The number of nitrogens with zero attached hydrogens (tertiary/aromatic N) is 1. The minimum absolute atomic E-state index is 0.332. The number of aliphatic hydroxyl groups is 1. The number of nitrogens with one attached hydrogen (secondary N) is 1. The minimum Gasteiger partial charge on any atom is -0.378 e. The lowest BCUT2D eigenvalue weighted by Gasteiger charge is -2.12. The average Bonchev–Trinajstić information content (AvgIpc) is 2.37. The third-order valence-electron chi connectivity index (χ3n) is 2.38. The minimum atomic E-state index is -1.35. The molecule has 19 heavy (non-hydrogen) atoms. The Morgan fingerprint density at radius 3 is 2.53 bits per heavy atom. The average molecular weight is 297 g/mol. The van der Waals surface area contributed by atoms with E-state index in [1.165, 1.54) is 24.4 Å². The van der Waals surface area contributed by atoms with Crippen LogP contribution in [0.5, 0.6) is 0 Å². The molecule has 4 nitrogen and oxygen atoms in total. The molecule has 0 aliphatic carbocycles. The smallest absolute Gasteiger partial charge is 0.257 e. The molecule has 0 fully saturated rings. The van der Waals surface area contributed by atoms with Crippen LogP contribution >= 0.6 is 23.2 Å². The number of halogens is 2. The van der Waals surface area contributed by atoms with E-state index in [1.54, 1.807) is 18.3 Å². The van der Waals surface area contributed by atoms with Gasteiger partial charge in [-0.2, -0.15) is 0 Å². The number of benzene rings is 1. The molecule has 1 unspecified atom stereocenters. The summed E-state index contributed by atoms with van der Waals surface area (Å²) in [6.45, 7) is 0. The van der Waals surface area contributed by atoms with Crippen molar-refractivity contribution in [2.75, 3.05) is 5.32 Å². The van der Waals surface area contributed by atoms with E-state index in [1.807, 2.05) is 0 Å². The van der Waals surface area contributed by atoms with Gasteiger partial charge in [0.2, 0.25) is 0 Å². The number of aromatic nitrogens is 1. The Hall–Kier alpha value is -1.62. The Kier molecular flexibility index (Phi) is 4.37. The monoisotopic (exact) mass is 296 g/mol. The quantitative estimate of drug-likeness (QED) is 0.915. The first kappa shape index (κ1) is 13.8. The summed E-state index contributed by atoms with van der Waals surface area (Å²) in [6.07, 6.45) is 1.72. The van der Waals surface area contributed by atoms with E-state index in [-0.39, 0.29) is 0 Å². The van der Waals surface area contributed by atoms with E-state index >= 15 is 0 Å². The van der Waals surface area contributed by atoms with Gasteiger partial charge < -0.3 is 10.4 Å². The SMILES string of the molecule is O=C(Nc1cccnc1)C(O)c1cc(Cl)cc(Cl)c1. The first-order valence-electron chi connectivity index (χ1n) is 5.41. The molecule has 98 valence electrons. The van der Waals surface area contributed by atoms with Crippen molar-refractivity contribution in [1.29, 1.82) is 0 Å². The highest BCUT2D eigenvalue weighted by Crippen LogP contribution is 2.24. The Balaban J connectivity index is 2.15. The summed E-state index contributed by atoms with van der Waals surface area (Å²) in [5, 5.41) is 13.2. The van der Waals surface area contributed by atoms with Crippen molar-refractivity contribution < 1.29 is 9.90 Å². The van der Waals surface area contributed by atoms with Gasteiger partial charge in [-0.25, -0.2) is 0 Å². The van der Waals surface area contributed by atoms with Crippen LogP contribution in [0.1, 0.15) is 11.7 Å². The van der Waals surface area contributed by atoms with Crippen LogP contribution in [0.15, 0.2) is 42.7 Å². The zero-order valence-corrected chi connectivity index (χ0v) is 11.2. The van der Waals surface area contributed by atoms with Gasteiger partial charge in [-0.3, -0.25) is 9.78 Å². The lowest BCUT2D eigenvalue weighted by Crippen LogP contribution is -2.20. The van der Waals surface area contributed by atoms with Crippen LogP contribution in [0.25, 0.3) is 0 Å². The summed E-state index contributed by atoms with van der Waals surface area (Å²) in [7, 11) is 0. The summed E-state index contributed by atoms with van der Waals surface area (Å²) in [4.78, 5) is 15.7. The van der Waals surface area contributed by atoms with E-state index in [0.717, 1.165) is 0 Å². The Morgan fingerprint density at radius 2 is 1.95 bits per heavy atom. The van der Waals surface area contributed by atoms with E-state index in [0.29, 0.717) is 21.3 Å². The van der Waals surface area contributed by atoms with Crippen molar-refractivity contribution >= 4 is 34.8 Å². The Bertz CT molecular complexity index is 570. The van der Waals surface area contributed by atoms with Crippen molar-refractivity contribution in [1.82, 2.24) is 4.98 Å². The summed E-state index contributed by atoms with van der Waals surface area (Å²) in [6, 6.07) is 7.85. The van der Waals surface area contributed by atoms with Gasteiger partial charge in [-0.05, 0) is 35.9 Å². The predicted octanol–water partition coefficient (Wildman–Crippen LogP) is 3.06. The fraction of sp³-hybridized carbons (Fsp3) is 0.0769. The largest absolute Gasteiger partial charge is 0.378 e. The molecule has 1 atom stereocenters. The molecule has 0 spiro atoms. The molecule has 2 rings (SSSR count). The van der Waals surface area contributed by atoms with Crippen LogP contribution in [0.2, 0.25) is 10.0 Å². The molecule has 0 saturated heterocycles. The van der Waals surface area contributed by atoms with Gasteiger partial charge in [0.05, 0.1) is 11.9 Å². The number of anilines is 1. The van der Waals surface area contributed by atoms with Crippen LogP contribution in [0.3, 0.4) is 0 Å². The molecule has 1 aromatic heterocycles. The van der Waals surface area contributed by atoms with Crippen molar-refractivity contribution in [3.8, 4) is 0 Å². The fourth-order valence-electron chi connectivity index (χ4n) is 1.53. The van der Waals surface area contributed by atoms with Gasteiger partial charge in [0.1, 0.15) is 0 Å². The Labute approximate surface area is 120 Å². The molecular weight excluding hydrogens is 287 g/mol. The maximum absolute atomic E-state index is 11.9. The van der Waals surface area contributed by atoms with E-state index in [2.05, 4.69) is 10.3 Å². The molecule has 0 saturated carbocycles. The van der Waals surface area contributed by atoms with Crippen molar-refractivity contribution in [2.24, 2.45) is 0 Å². The molecule has 0 aliphatic heterocycles. The lowest BCUT2D eigenvalue weighted by atomic mass is 10.1. The standard InChI is InChI=1S/C13H10Cl2N2O2/c14-9-4-8(5-10(15)6-9)12(18)13(19)17-11-2-1-3-16-7-11/h1-7,12,18H,(H,17,19). The number of hydrogen-bond acceptors (Lipinski definition) is 3. The molecular formula is C13H10Cl2N2O2. The summed E-state index contributed by atoms with van der Waals surface area (Å²) in [5.74, 6) is -0.577. The third kappa shape index (κ3) is 3.67. The normalized spacial score (nSPS) is 11.9. The molecule has 1 amide bonds. The predicted molar refractivity (Wildman–Crippen MR) is 74.3 cm³/mol. The van der Waals surface area contributed by atoms with Crippen LogP contribution in [-0.4, -0.2) is 16.0 Å². The van der Waals surface area contributed by atoms with Crippen molar-refractivity contribution in [3.63, 3.8) is 0 Å². The number of amides is 1. The van der Waals surface area contributed by atoms with Crippen LogP contribution < -0.4 is 5.32 Å². The first-order chi connectivity index (χ1) is 9.06. The molecule has 0 bridgehead atoms. The second kappa shape index (κ2) is 6.02. The number of aliphatic hydroxyl groups excluding tert-OH is 1.